The molecule has 0 bridgehead atoms. The topological polar surface area (TPSA) is 52.6 Å². The third kappa shape index (κ3) is 2.78. The Bertz CT molecular complexity index is 933. The van der Waals surface area contributed by atoms with Gasteiger partial charge in [0.2, 0.25) is 5.78 Å². The van der Waals surface area contributed by atoms with Crippen molar-refractivity contribution in [3.05, 3.63) is 95.6 Å². The van der Waals surface area contributed by atoms with Crippen LogP contribution in [0.3, 0.4) is 0 Å². The Morgan fingerprint density at radius 2 is 1.32 bits per heavy atom. The van der Waals surface area contributed by atoms with Crippen LogP contribution in [0.1, 0.15) is 26.3 Å². The average molecular weight is 330 g/mol. The highest BCUT2D eigenvalue weighted by Gasteiger charge is 2.34. The van der Waals surface area contributed by atoms with E-state index in [1.165, 1.54) is 0 Å². The lowest BCUT2D eigenvalue weighted by Crippen LogP contribution is -2.29. The van der Waals surface area contributed by atoms with Gasteiger partial charge in [0.15, 0.2) is 17.3 Å². The second-order valence-electron chi connectivity index (χ2n) is 5.63. The molecule has 0 N–H and O–H groups in total. The number of ether oxygens (including phenoxy) is 2. The van der Waals surface area contributed by atoms with Gasteiger partial charge in [-0.2, -0.15) is 0 Å². The van der Waals surface area contributed by atoms with Crippen LogP contribution in [0, 0.1) is 0 Å². The van der Waals surface area contributed by atoms with Gasteiger partial charge in [-0.05, 0) is 12.1 Å². The molecule has 122 valence electrons. The van der Waals surface area contributed by atoms with Crippen molar-refractivity contribution in [2.75, 3.05) is 0 Å². The Labute approximate surface area is 144 Å². The summed E-state index contributed by atoms with van der Waals surface area (Å²) in [6.07, 6.45) is -1.08. The normalized spacial score (nSPS) is 15.0. The van der Waals surface area contributed by atoms with Crippen molar-refractivity contribution in [1.29, 1.82) is 0 Å². The van der Waals surface area contributed by atoms with Crippen molar-refractivity contribution in [3.63, 3.8) is 0 Å². The predicted octanol–water partition coefficient (Wildman–Crippen LogP) is 3.90. The number of carbonyl (C=O) groups excluding carboxylic acids is 2. The van der Waals surface area contributed by atoms with E-state index in [0.29, 0.717) is 28.2 Å². The molecule has 0 amide bonds. The Kier molecular flexibility index (Phi) is 3.78. The minimum absolute atomic E-state index is 0.172. The van der Waals surface area contributed by atoms with E-state index in [9.17, 15) is 9.59 Å². The summed E-state index contributed by atoms with van der Waals surface area (Å²) in [6.45, 7) is 0. The van der Waals surface area contributed by atoms with Crippen LogP contribution >= 0.6 is 0 Å². The highest BCUT2D eigenvalue weighted by atomic mass is 16.7. The molecular weight excluding hydrogens is 316 g/mol. The third-order valence-electron chi connectivity index (χ3n) is 3.99. The van der Waals surface area contributed by atoms with E-state index in [2.05, 4.69) is 0 Å². The van der Waals surface area contributed by atoms with Crippen LogP contribution in [0.4, 0.5) is 0 Å². The molecule has 0 saturated heterocycles. The van der Waals surface area contributed by atoms with Gasteiger partial charge in [0, 0.05) is 11.1 Å². The Hall–Kier alpha value is -3.40. The quantitative estimate of drug-likeness (QED) is 0.681. The van der Waals surface area contributed by atoms with Crippen molar-refractivity contribution >= 4 is 11.6 Å². The first-order valence-corrected chi connectivity index (χ1v) is 7.89. The number of hydrogen-bond donors (Lipinski definition) is 0. The van der Waals surface area contributed by atoms with E-state index in [1.807, 2.05) is 12.1 Å². The van der Waals surface area contributed by atoms with Crippen LogP contribution in [-0.2, 0) is 0 Å². The van der Waals surface area contributed by atoms with Crippen LogP contribution in [0.25, 0.3) is 0 Å². The van der Waals surface area contributed by atoms with Crippen LogP contribution in [0.15, 0.2) is 78.9 Å². The van der Waals surface area contributed by atoms with Gasteiger partial charge in [-0.25, -0.2) is 0 Å². The first-order chi connectivity index (χ1) is 12.2. The average Bonchev–Trinajstić information content (AvgIpc) is 3.12. The fraction of sp³-hybridized carbons (Fsp3) is 0.0476. The van der Waals surface area contributed by atoms with Gasteiger partial charge < -0.3 is 9.47 Å². The molecule has 1 aliphatic rings. The predicted molar refractivity (Wildman–Crippen MR) is 92.1 cm³/mol. The number of hydrogen-bond acceptors (Lipinski definition) is 4. The van der Waals surface area contributed by atoms with Gasteiger partial charge in [-0.15, -0.1) is 0 Å². The molecule has 0 aromatic heterocycles. The summed E-state index contributed by atoms with van der Waals surface area (Å²) in [7, 11) is 0. The van der Waals surface area contributed by atoms with Gasteiger partial charge in [-0.1, -0.05) is 66.7 Å². The molecular formula is C21H14O4. The molecule has 3 aromatic carbocycles. The van der Waals surface area contributed by atoms with Gasteiger partial charge in [0.1, 0.15) is 0 Å². The zero-order valence-corrected chi connectivity index (χ0v) is 13.2. The lowest BCUT2D eigenvalue weighted by Gasteiger charge is -2.09. The zero-order valence-electron chi connectivity index (χ0n) is 13.2. The maximum Gasteiger partial charge on any atom is 0.305 e. The Morgan fingerprint density at radius 3 is 2.00 bits per heavy atom. The number of Topliss-reactive ketones (excluding diaryl/α,β-unsaturated/α-hetero) is 1. The van der Waals surface area contributed by atoms with Gasteiger partial charge in [0.05, 0.1) is 5.56 Å². The second kappa shape index (κ2) is 6.24. The second-order valence-corrected chi connectivity index (χ2v) is 5.63. The van der Waals surface area contributed by atoms with Crippen molar-refractivity contribution < 1.29 is 19.1 Å². The van der Waals surface area contributed by atoms with Crippen molar-refractivity contribution in [2.24, 2.45) is 0 Å². The number of benzene rings is 3. The highest BCUT2D eigenvalue weighted by molar-refractivity contribution is 6.11. The molecule has 3 aromatic rings. The van der Waals surface area contributed by atoms with Gasteiger partial charge in [0.25, 0.3) is 0 Å². The number of ketones is 2. The standard InChI is InChI=1S/C21H14O4/c22-18(14-8-3-1-4-9-14)16-12-7-13-17-20(16)25-21(24-17)19(23)15-10-5-2-6-11-15/h1-13,21H. The molecule has 4 heteroatoms. The number of rotatable bonds is 4. The molecule has 4 nitrogen and oxygen atoms in total. The number of carbonyl (C=O) groups is 2. The van der Waals surface area contributed by atoms with Crippen LogP contribution in [0.2, 0.25) is 0 Å². The van der Waals surface area contributed by atoms with Gasteiger partial charge in [-0.3, -0.25) is 9.59 Å². The maximum atomic E-state index is 12.7. The summed E-state index contributed by atoms with van der Waals surface area (Å²) in [6, 6.07) is 22.8. The largest absolute Gasteiger partial charge is 0.444 e. The molecule has 1 heterocycles. The molecule has 0 saturated carbocycles. The van der Waals surface area contributed by atoms with Crippen LogP contribution in [-0.4, -0.2) is 17.9 Å². The molecule has 0 spiro atoms. The third-order valence-corrected chi connectivity index (χ3v) is 3.99. The maximum absolute atomic E-state index is 12.7. The number of para-hydroxylation sites is 1. The summed E-state index contributed by atoms with van der Waals surface area (Å²) >= 11 is 0. The SMILES string of the molecule is O=C(c1ccccc1)c1cccc2c1OC(C(=O)c1ccccc1)O2. The van der Waals surface area contributed by atoms with E-state index in [0.717, 1.165) is 0 Å². The summed E-state index contributed by atoms with van der Waals surface area (Å²) in [4.78, 5) is 25.3. The zero-order chi connectivity index (χ0) is 17.2. The molecule has 4 rings (SSSR count). The van der Waals surface area contributed by atoms with Crippen molar-refractivity contribution in [1.82, 2.24) is 0 Å². The molecule has 1 atom stereocenters. The molecule has 1 aliphatic heterocycles. The van der Waals surface area contributed by atoms with Crippen molar-refractivity contribution in [3.8, 4) is 11.5 Å². The summed E-state index contributed by atoms with van der Waals surface area (Å²) in [5.41, 5.74) is 1.43. The monoisotopic (exact) mass is 330 g/mol. The van der Waals surface area contributed by atoms with E-state index in [-0.39, 0.29) is 11.6 Å². The van der Waals surface area contributed by atoms with E-state index < -0.39 is 6.29 Å². The Morgan fingerprint density at radius 1 is 0.680 bits per heavy atom. The fourth-order valence-electron chi connectivity index (χ4n) is 2.75. The van der Waals surface area contributed by atoms with Crippen molar-refractivity contribution in [2.45, 2.75) is 6.29 Å². The Balaban J connectivity index is 1.64. The lowest BCUT2D eigenvalue weighted by molar-refractivity contribution is 0.0369. The van der Waals surface area contributed by atoms with Crippen LogP contribution in [0.5, 0.6) is 11.5 Å². The van der Waals surface area contributed by atoms with E-state index >= 15 is 0 Å². The lowest BCUT2D eigenvalue weighted by atomic mass is 10.0. The number of fused-ring (bicyclic) bond motifs is 1. The summed E-state index contributed by atoms with van der Waals surface area (Å²) in [5, 5.41) is 0. The highest BCUT2D eigenvalue weighted by Crippen LogP contribution is 2.39. The first-order valence-electron chi connectivity index (χ1n) is 7.89. The molecule has 1 unspecified atom stereocenters. The van der Waals surface area contributed by atoms with Crippen LogP contribution < -0.4 is 9.47 Å². The molecule has 0 fully saturated rings. The first kappa shape index (κ1) is 15.1. The minimum Gasteiger partial charge on any atom is -0.444 e. The van der Waals surface area contributed by atoms with E-state index in [1.54, 1.807) is 66.7 Å². The van der Waals surface area contributed by atoms with Gasteiger partial charge >= 0.3 is 6.29 Å². The fourth-order valence-corrected chi connectivity index (χ4v) is 2.75. The molecule has 0 aliphatic carbocycles. The minimum atomic E-state index is -1.08. The molecule has 25 heavy (non-hydrogen) atoms. The van der Waals surface area contributed by atoms with E-state index in [4.69, 9.17) is 9.47 Å². The summed E-state index contributed by atoms with van der Waals surface area (Å²) < 4.78 is 11.3. The summed E-state index contributed by atoms with van der Waals surface area (Å²) in [5.74, 6) is 0.255. The molecule has 0 radical (unpaired) electrons. The smallest absolute Gasteiger partial charge is 0.305 e.